The summed E-state index contributed by atoms with van der Waals surface area (Å²) in [5.41, 5.74) is 9.45. The van der Waals surface area contributed by atoms with E-state index in [1.165, 1.54) is 0 Å². The van der Waals surface area contributed by atoms with Crippen molar-refractivity contribution in [3.63, 3.8) is 0 Å². The monoisotopic (exact) mass is 157 g/mol. The number of nitrogens with one attached hydrogen (secondary N) is 2. The van der Waals surface area contributed by atoms with E-state index in [0.717, 1.165) is 12.8 Å². The lowest BCUT2D eigenvalue weighted by molar-refractivity contribution is -0.128. The molecule has 1 aliphatic rings. The molecule has 5 heteroatoms. The summed E-state index contributed by atoms with van der Waals surface area (Å²) in [6.45, 7) is -0.106. The van der Waals surface area contributed by atoms with E-state index < -0.39 is 0 Å². The molecule has 1 rings (SSSR count). The first kappa shape index (κ1) is 8.00. The van der Waals surface area contributed by atoms with Crippen LogP contribution in [0.3, 0.4) is 0 Å². The van der Waals surface area contributed by atoms with Crippen LogP contribution >= 0.6 is 0 Å². The van der Waals surface area contributed by atoms with Gasteiger partial charge in [0.05, 0.1) is 6.54 Å². The molecule has 0 aromatic carbocycles. The Morgan fingerprint density at radius 2 is 2.00 bits per heavy atom. The van der Waals surface area contributed by atoms with Crippen molar-refractivity contribution in [1.29, 1.82) is 0 Å². The Labute approximate surface area is 64.3 Å². The van der Waals surface area contributed by atoms with E-state index in [1.807, 2.05) is 0 Å². The molecule has 0 atom stereocenters. The standard InChI is InChI=1S/C6H11N3O2/c7-3-5(10)8-9-6(11)4-1-2-4/h4H,1-3,7H2,(H,8,10)(H,9,11). The van der Waals surface area contributed by atoms with E-state index >= 15 is 0 Å². The molecule has 0 aromatic heterocycles. The van der Waals surface area contributed by atoms with Gasteiger partial charge in [-0.3, -0.25) is 20.4 Å². The first-order valence-corrected chi connectivity index (χ1v) is 3.53. The lowest BCUT2D eigenvalue weighted by Crippen LogP contribution is -2.45. The van der Waals surface area contributed by atoms with Gasteiger partial charge < -0.3 is 5.73 Å². The van der Waals surface area contributed by atoms with Crippen molar-refractivity contribution in [2.24, 2.45) is 11.7 Å². The highest BCUT2D eigenvalue weighted by atomic mass is 16.2. The first-order chi connectivity index (χ1) is 5.24. The predicted octanol–water partition coefficient (Wildman–Crippen LogP) is -1.50. The van der Waals surface area contributed by atoms with E-state index in [9.17, 15) is 9.59 Å². The molecule has 1 aliphatic carbocycles. The molecule has 0 spiro atoms. The smallest absolute Gasteiger partial charge is 0.252 e. The van der Waals surface area contributed by atoms with Crippen LogP contribution in [0.1, 0.15) is 12.8 Å². The molecule has 0 bridgehead atoms. The molecule has 1 saturated carbocycles. The van der Waals surface area contributed by atoms with Gasteiger partial charge in [0.2, 0.25) is 5.91 Å². The van der Waals surface area contributed by atoms with Gasteiger partial charge in [-0.15, -0.1) is 0 Å². The molecule has 62 valence electrons. The molecule has 0 heterocycles. The van der Waals surface area contributed by atoms with Gasteiger partial charge in [0, 0.05) is 5.92 Å². The van der Waals surface area contributed by atoms with E-state index in [-0.39, 0.29) is 24.3 Å². The van der Waals surface area contributed by atoms with Crippen LogP contribution in [0.15, 0.2) is 0 Å². The maximum absolute atomic E-state index is 10.9. The molecule has 5 nitrogen and oxygen atoms in total. The summed E-state index contributed by atoms with van der Waals surface area (Å²) in [5, 5.41) is 0. The van der Waals surface area contributed by atoms with Gasteiger partial charge in [0.25, 0.3) is 5.91 Å². The number of amides is 2. The molecule has 0 aliphatic heterocycles. The zero-order valence-electron chi connectivity index (χ0n) is 6.09. The topological polar surface area (TPSA) is 84.2 Å². The van der Waals surface area contributed by atoms with Gasteiger partial charge in [0.15, 0.2) is 0 Å². The van der Waals surface area contributed by atoms with Crippen molar-refractivity contribution >= 4 is 11.8 Å². The minimum Gasteiger partial charge on any atom is -0.322 e. The summed E-state index contributed by atoms with van der Waals surface area (Å²) in [6, 6.07) is 0. The molecular formula is C6H11N3O2. The number of hydrogen-bond donors (Lipinski definition) is 3. The van der Waals surface area contributed by atoms with Crippen LogP contribution in [-0.4, -0.2) is 18.4 Å². The SMILES string of the molecule is NCC(=O)NNC(=O)C1CC1. The molecule has 4 N–H and O–H groups in total. The van der Waals surface area contributed by atoms with Crippen molar-refractivity contribution < 1.29 is 9.59 Å². The van der Waals surface area contributed by atoms with Gasteiger partial charge in [-0.05, 0) is 12.8 Å². The number of hydrogen-bond acceptors (Lipinski definition) is 3. The van der Waals surface area contributed by atoms with Crippen molar-refractivity contribution in [3.8, 4) is 0 Å². The Morgan fingerprint density at radius 1 is 1.36 bits per heavy atom. The lowest BCUT2D eigenvalue weighted by atomic mass is 10.4. The maximum Gasteiger partial charge on any atom is 0.252 e. The fourth-order valence-electron chi connectivity index (χ4n) is 0.630. The molecule has 0 radical (unpaired) electrons. The number of carbonyl (C=O) groups is 2. The van der Waals surface area contributed by atoms with E-state index in [4.69, 9.17) is 5.73 Å². The minimum atomic E-state index is -0.376. The molecular weight excluding hydrogens is 146 g/mol. The normalized spacial score (nSPS) is 15.7. The Morgan fingerprint density at radius 3 is 2.45 bits per heavy atom. The quantitative estimate of drug-likeness (QED) is 0.427. The summed E-state index contributed by atoms with van der Waals surface area (Å²) in [4.78, 5) is 21.4. The van der Waals surface area contributed by atoms with E-state index in [0.29, 0.717) is 0 Å². The largest absolute Gasteiger partial charge is 0.322 e. The number of rotatable bonds is 2. The van der Waals surface area contributed by atoms with Crippen molar-refractivity contribution in [1.82, 2.24) is 10.9 Å². The summed E-state index contributed by atoms with van der Waals surface area (Å²) in [5.74, 6) is -0.390. The van der Waals surface area contributed by atoms with Gasteiger partial charge in [-0.2, -0.15) is 0 Å². The summed E-state index contributed by atoms with van der Waals surface area (Å²) >= 11 is 0. The van der Waals surface area contributed by atoms with Gasteiger partial charge >= 0.3 is 0 Å². The Hall–Kier alpha value is -1.10. The number of nitrogens with two attached hydrogens (primary N) is 1. The van der Waals surface area contributed by atoms with Crippen LogP contribution < -0.4 is 16.6 Å². The van der Waals surface area contributed by atoms with Crippen molar-refractivity contribution in [3.05, 3.63) is 0 Å². The second kappa shape index (κ2) is 3.34. The van der Waals surface area contributed by atoms with Crippen molar-refractivity contribution in [2.75, 3.05) is 6.54 Å². The zero-order valence-corrected chi connectivity index (χ0v) is 6.09. The first-order valence-electron chi connectivity index (χ1n) is 3.53. The summed E-state index contributed by atoms with van der Waals surface area (Å²) in [6.07, 6.45) is 1.84. The van der Waals surface area contributed by atoms with E-state index in [2.05, 4.69) is 10.9 Å². The molecule has 0 aromatic rings. The third-order valence-corrected chi connectivity index (χ3v) is 1.46. The van der Waals surface area contributed by atoms with Crippen molar-refractivity contribution in [2.45, 2.75) is 12.8 Å². The molecule has 2 amide bonds. The van der Waals surface area contributed by atoms with Crippen LogP contribution in [0, 0.1) is 5.92 Å². The minimum absolute atomic E-state index is 0.105. The zero-order chi connectivity index (χ0) is 8.27. The molecule has 11 heavy (non-hydrogen) atoms. The predicted molar refractivity (Wildman–Crippen MR) is 38.1 cm³/mol. The van der Waals surface area contributed by atoms with Crippen LogP contribution in [-0.2, 0) is 9.59 Å². The third kappa shape index (κ3) is 2.55. The third-order valence-electron chi connectivity index (χ3n) is 1.46. The number of hydrazine groups is 1. The summed E-state index contributed by atoms with van der Waals surface area (Å²) < 4.78 is 0. The maximum atomic E-state index is 10.9. The molecule has 0 unspecified atom stereocenters. The average Bonchev–Trinajstić information content (AvgIpc) is 2.81. The Bertz CT molecular complexity index is 177. The van der Waals surface area contributed by atoms with Crippen LogP contribution in [0.4, 0.5) is 0 Å². The van der Waals surface area contributed by atoms with Crippen LogP contribution in [0.25, 0.3) is 0 Å². The fraction of sp³-hybridized carbons (Fsp3) is 0.667. The average molecular weight is 157 g/mol. The summed E-state index contributed by atoms with van der Waals surface area (Å²) in [7, 11) is 0. The van der Waals surface area contributed by atoms with Crippen LogP contribution in [0.5, 0.6) is 0 Å². The van der Waals surface area contributed by atoms with Gasteiger partial charge in [-0.1, -0.05) is 0 Å². The Balaban J connectivity index is 2.10. The second-order valence-corrected chi connectivity index (χ2v) is 2.52. The fourth-order valence-corrected chi connectivity index (χ4v) is 0.630. The van der Waals surface area contributed by atoms with Crippen LogP contribution in [0.2, 0.25) is 0 Å². The second-order valence-electron chi connectivity index (χ2n) is 2.52. The van der Waals surface area contributed by atoms with E-state index in [1.54, 1.807) is 0 Å². The molecule has 1 fully saturated rings. The Kier molecular flexibility index (Phi) is 2.43. The lowest BCUT2D eigenvalue weighted by Gasteiger charge is -2.03. The highest BCUT2D eigenvalue weighted by molar-refractivity contribution is 5.85. The highest BCUT2D eigenvalue weighted by Crippen LogP contribution is 2.28. The molecule has 0 saturated heterocycles. The number of carbonyl (C=O) groups excluding carboxylic acids is 2. The van der Waals surface area contributed by atoms with Gasteiger partial charge in [-0.25, -0.2) is 0 Å². The highest BCUT2D eigenvalue weighted by Gasteiger charge is 2.29. The van der Waals surface area contributed by atoms with Gasteiger partial charge in [0.1, 0.15) is 0 Å².